The normalized spacial score (nSPS) is 38.8. The SMILES string of the molecule is CC1CCC(C)C(C#N)(N=C=O)C1. The van der Waals surface area contributed by atoms with Crippen LogP contribution >= 0.6 is 0 Å². The van der Waals surface area contributed by atoms with Crippen LogP contribution in [0.3, 0.4) is 0 Å². The highest BCUT2D eigenvalue weighted by atomic mass is 16.1. The number of hydrogen-bond acceptors (Lipinski definition) is 3. The van der Waals surface area contributed by atoms with Gasteiger partial charge >= 0.3 is 0 Å². The molecule has 0 aromatic carbocycles. The van der Waals surface area contributed by atoms with Crippen molar-refractivity contribution in [1.82, 2.24) is 0 Å². The van der Waals surface area contributed by atoms with Crippen LogP contribution in [0.15, 0.2) is 4.99 Å². The first-order valence-electron chi connectivity index (χ1n) is 4.65. The Morgan fingerprint density at radius 3 is 2.69 bits per heavy atom. The van der Waals surface area contributed by atoms with Crippen LogP contribution in [-0.2, 0) is 4.79 Å². The summed E-state index contributed by atoms with van der Waals surface area (Å²) in [6, 6.07) is 2.17. The Hall–Kier alpha value is -1.13. The molecule has 0 aromatic rings. The van der Waals surface area contributed by atoms with Crippen LogP contribution < -0.4 is 0 Å². The van der Waals surface area contributed by atoms with E-state index in [-0.39, 0.29) is 5.92 Å². The average molecular weight is 178 g/mol. The first-order valence-corrected chi connectivity index (χ1v) is 4.65. The Labute approximate surface area is 78.5 Å². The van der Waals surface area contributed by atoms with E-state index < -0.39 is 5.54 Å². The lowest BCUT2D eigenvalue weighted by molar-refractivity contribution is 0.213. The predicted octanol–water partition coefficient (Wildman–Crippen LogP) is 2.04. The van der Waals surface area contributed by atoms with Crippen LogP contribution in [0.2, 0.25) is 0 Å². The first-order chi connectivity index (χ1) is 6.14. The fourth-order valence-electron chi connectivity index (χ4n) is 2.03. The number of hydrogen-bond donors (Lipinski definition) is 0. The number of carbonyl (C=O) groups excluding carboxylic acids is 1. The van der Waals surface area contributed by atoms with E-state index in [1.165, 1.54) is 6.08 Å². The van der Waals surface area contributed by atoms with Crippen LogP contribution in [0.5, 0.6) is 0 Å². The van der Waals surface area contributed by atoms with Crippen molar-refractivity contribution in [1.29, 1.82) is 5.26 Å². The average Bonchev–Trinajstić information content (AvgIpc) is 2.12. The largest absolute Gasteiger partial charge is 0.236 e. The van der Waals surface area contributed by atoms with Crippen molar-refractivity contribution >= 4 is 6.08 Å². The third kappa shape index (κ3) is 1.79. The number of isocyanates is 1. The summed E-state index contributed by atoms with van der Waals surface area (Å²) in [5, 5.41) is 9.04. The molecule has 3 heteroatoms. The minimum absolute atomic E-state index is 0.176. The molecule has 13 heavy (non-hydrogen) atoms. The predicted molar refractivity (Wildman–Crippen MR) is 48.6 cm³/mol. The number of rotatable bonds is 1. The van der Waals surface area contributed by atoms with Gasteiger partial charge in [-0.15, -0.1) is 0 Å². The summed E-state index contributed by atoms with van der Waals surface area (Å²) in [4.78, 5) is 13.9. The molecular formula is C10H14N2O. The van der Waals surface area contributed by atoms with Crippen molar-refractivity contribution < 1.29 is 4.79 Å². The zero-order valence-corrected chi connectivity index (χ0v) is 8.08. The molecule has 1 saturated carbocycles. The van der Waals surface area contributed by atoms with Gasteiger partial charge in [-0.05, 0) is 24.7 Å². The molecule has 0 amide bonds. The van der Waals surface area contributed by atoms with Crippen molar-refractivity contribution in [2.24, 2.45) is 16.8 Å². The maximum atomic E-state index is 10.2. The van der Waals surface area contributed by atoms with Crippen molar-refractivity contribution in [3.63, 3.8) is 0 Å². The summed E-state index contributed by atoms with van der Waals surface area (Å²) in [6.45, 7) is 4.08. The molecule has 3 unspecified atom stereocenters. The van der Waals surface area contributed by atoms with Crippen LogP contribution in [0.25, 0.3) is 0 Å². The molecule has 0 saturated heterocycles. The molecule has 0 aliphatic heterocycles. The second kappa shape index (κ2) is 3.72. The third-order valence-corrected chi connectivity index (χ3v) is 3.01. The van der Waals surface area contributed by atoms with Gasteiger partial charge in [0, 0.05) is 0 Å². The lowest BCUT2D eigenvalue weighted by Crippen LogP contribution is -2.38. The van der Waals surface area contributed by atoms with Gasteiger partial charge in [-0.3, -0.25) is 0 Å². The number of nitrogens with zero attached hydrogens (tertiary/aromatic N) is 2. The summed E-state index contributed by atoms with van der Waals surface area (Å²) < 4.78 is 0. The van der Waals surface area contributed by atoms with Gasteiger partial charge in [0.05, 0.1) is 6.07 Å². The molecule has 0 heterocycles. The van der Waals surface area contributed by atoms with E-state index in [9.17, 15) is 4.79 Å². The van der Waals surface area contributed by atoms with Crippen LogP contribution in [0.1, 0.15) is 33.1 Å². The Morgan fingerprint density at radius 2 is 2.15 bits per heavy atom. The summed E-state index contributed by atoms with van der Waals surface area (Å²) in [6.07, 6.45) is 4.32. The Morgan fingerprint density at radius 1 is 1.46 bits per heavy atom. The van der Waals surface area contributed by atoms with Crippen LogP contribution in [-0.4, -0.2) is 11.6 Å². The van der Waals surface area contributed by atoms with Crippen LogP contribution in [0.4, 0.5) is 0 Å². The molecule has 0 aromatic heterocycles. The van der Waals surface area contributed by atoms with Gasteiger partial charge in [0.25, 0.3) is 0 Å². The lowest BCUT2D eigenvalue weighted by atomic mass is 9.71. The van der Waals surface area contributed by atoms with Crippen LogP contribution in [0, 0.1) is 23.2 Å². The van der Waals surface area contributed by atoms with Gasteiger partial charge < -0.3 is 0 Å². The molecule has 1 fully saturated rings. The molecule has 1 aliphatic carbocycles. The molecule has 70 valence electrons. The van der Waals surface area contributed by atoms with E-state index in [2.05, 4.69) is 18.0 Å². The quantitative estimate of drug-likeness (QED) is 0.455. The Bertz CT molecular complexity index is 275. The van der Waals surface area contributed by atoms with Crippen molar-refractivity contribution in [2.75, 3.05) is 0 Å². The Kier molecular flexibility index (Phi) is 2.85. The van der Waals surface area contributed by atoms with E-state index in [1.54, 1.807) is 0 Å². The van der Waals surface area contributed by atoms with Gasteiger partial charge in [0.2, 0.25) is 6.08 Å². The van der Waals surface area contributed by atoms with Gasteiger partial charge in [0.15, 0.2) is 5.54 Å². The molecule has 1 rings (SSSR count). The molecule has 0 radical (unpaired) electrons. The van der Waals surface area contributed by atoms with E-state index in [0.29, 0.717) is 12.3 Å². The van der Waals surface area contributed by atoms with Gasteiger partial charge in [-0.25, -0.2) is 4.79 Å². The molecule has 0 N–H and O–H groups in total. The highest BCUT2D eigenvalue weighted by Gasteiger charge is 2.41. The standard InChI is InChI=1S/C10H14N2O/c1-8-3-4-9(2)10(5-8,6-11)12-7-13/h8-9H,3-5H2,1-2H3. The van der Waals surface area contributed by atoms with Gasteiger partial charge in [-0.1, -0.05) is 20.3 Å². The van der Waals surface area contributed by atoms with Gasteiger partial charge in [0.1, 0.15) is 0 Å². The van der Waals surface area contributed by atoms with Crippen molar-refractivity contribution in [3.8, 4) is 6.07 Å². The van der Waals surface area contributed by atoms with E-state index in [4.69, 9.17) is 5.26 Å². The van der Waals surface area contributed by atoms with Crippen molar-refractivity contribution in [3.05, 3.63) is 0 Å². The minimum atomic E-state index is -0.792. The zero-order valence-electron chi connectivity index (χ0n) is 8.08. The number of aliphatic imine (C=N–C) groups is 1. The summed E-state index contributed by atoms with van der Waals surface area (Å²) in [7, 11) is 0. The number of nitriles is 1. The topological polar surface area (TPSA) is 53.2 Å². The maximum Gasteiger partial charge on any atom is 0.236 e. The molecule has 3 atom stereocenters. The molecule has 0 spiro atoms. The molecule has 0 bridgehead atoms. The second-order valence-electron chi connectivity index (χ2n) is 4.03. The van der Waals surface area contributed by atoms with E-state index in [1.807, 2.05) is 6.92 Å². The lowest BCUT2D eigenvalue weighted by Gasteiger charge is -2.35. The monoisotopic (exact) mass is 178 g/mol. The minimum Gasteiger partial charge on any atom is -0.211 e. The first kappa shape index (κ1) is 9.95. The summed E-state index contributed by atoms with van der Waals surface area (Å²) in [5.41, 5.74) is -0.792. The zero-order chi connectivity index (χ0) is 9.90. The fourth-order valence-corrected chi connectivity index (χ4v) is 2.03. The Balaban J connectivity index is 2.94. The summed E-state index contributed by atoms with van der Waals surface area (Å²) >= 11 is 0. The highest BCUT2D eigenvalue weighted by molar-refractivity contribution is 5.37. The third-order valence-electron chi connectivity index (χ3n) is 3.01. The van der Waals surface area contributed by atoms with E-state index >= 15 is 0 Å². The second-order valence-corrected chi connectivity index (χ2v) is 4.03. The highest BCUT2D eigenvalue weighted by Crippen LogP contribution is 2.38. The summed E-state index contributed by atoms with van der Waals surface area (Å²) in [5.74, 6) is 0.656. The maximum absolute atomic E-state index is 10.2. The van der Waals surface area contributed by atoms with E-state index in [0.717, 1.165) is 12.8 Å². The molecule has 1 aliphatic rings. The molecule has 3 nitrogen and oxygen atoms in total. The molecular weight excluding hydrogens is 164 g/mol. The smallest absolute Gasteiger partial charge is 0.211 e. The van der Waals surface area contributed by atoms with Gasteiger partial charge in [-0.2, -0.15) is 10.3 Å². The fraction of sp³-hybridized carbons (Fsp3) is 0.800. The van der Waals surface area contributed by atoms with Crippen molar-refractivity contribution in [2.45, 2.75) is 38.6 Å².